The van der Waals surface area contributed by atoms with E-state index < -0.39 is 23.3 Å². The summed E-state index contributed by atoms with van der Waals surface area (Å²) in [7, 11) is 0. The van der Waals surface area contributed by atoms with Crippen molar-refractivity contribution in [2.24, 2.45) is 0 Å². The highest BCUT2D eigenvalue weighted by molar-refractivity contribution is 6.20. The minimum absolute atomic E-state index is 0.361. The Kier molecular flexibility index (Phi) is 3.00. The predicted molar refractivity (Wildman–Crippen MR) is 63.7 cm³/mol. The molecule has 0 spiro atoms. The molecule has 0 unspecified atom stereocenters. The zero-order chi connectivity index (χ0) is 13.5. The van der Waals surface area contributed by atoms with Gasteiger partial charge in [-0.15, -0.1) is 0 Å². The van der Waals surface area contributed by atoms with E-state index in [0.717, 1.165) is 24.2 Å². The third-order valence-corrected chi connectivity index (χ3v) is 4.12. The van der Waals surface area contributed by atoms with Gasteiger partial charge in [0.05, 0.1) is 0 Å². The van der Waals surface area contributed by atoms with Crippen LogP contribution < -0.4 is 0 Å². The number of carboxylic acid groups (broad SMARTS) is 1. The van der Waals surface area contributed by atoms with Crippen molar-refractivity contribution in [2.45, 2.75) is 51.5 Å². The maximum absolute atomic E-state index is 12.1. The first kappa shape index (κ1) is 12.8. The van der Waals surface area contributed by atoms with Crippen molar-refractivity contribution in [1.29, 1.82) is 0 Å². The first-order valence-electron chi connectivity index (χ1n) is 6.21. The molecule has 0 saturated heterocycles. The van der Waals surface area contributed by atoms with Crippen molar-refractivity contribution in [2.75, 3.05) is 0 Å². The third kappa shape index (κ3) is 1.57. The van der Waals surface area contributed by atoms with Crippen LogP contribution in [-0.4, -0.2) is 33.3 Å². The Labute approximate surface area is 105 Å². The molecule has 1 aliphatic carbocycles. The summed E-state index contributed by atoms with van der Waals surface area (Å²) in [6, 6.07) is 0. The van der Waals surface area contributed by atoms with E-state index in [9.17, 15) is 19.5 Å². The number of imide groups is 1. The Hall–Kier alpha value is -1.65. The molecule has 18 heavy (non-hydrogen) atoms. The van der Waals surface area contributed by atoms with Crippen LogP contribution >= 0.6 is 0 Å². The molecule has 5 nitrogen and oxygen atoms in total. The Morgan fingerprint density at radius 2 is 1.50 bits per heavy atom. The first-order valence-corrected chi connectivity index (χ1v) is 6.21. The molecule has 0 aromatic rings. The molecule has 2 aliphatic rings. The monoisotopic (exact) mass is 251 g/mol. The number of hydrogen-bond donors (Lipinski definition) is 1. The highest BCUT2D eigenvalue weighted by Crippen LogP contribution is 2.38. The fourth-order valence-corrected chi connectivity index (χ4v) is 2.81. The summed E-state index contributed by atoms with van der Waals surface area (Å²) in [5.74, 6) is -1.95. The van der Waals surface area contributed by atoms with Crippen LogP contribution in [0.15, 0.2) is 11.1 Å². The summed E-state index contributed by atoms with van der Waals surface area (Å²) in [6.07, 6.45) is 3.15. The number of aliphatic carboxylic acids is 1. The summed E-state index contributed by atoms with van der Waals surface area (Å²) < 4.78 is 0. The molecular weight excluding hydrogens is 234 g/mol. The molecule has 0 atom stereocenters. The number of nitrogens with zero attached hydrogens (tertiary/aromatic N) is 1. The maximum Gasteiger partial charge on any atom is 0.330 e. The Balaban J connectivity index is 2.43. The van der Waals surface area contributed by atoms with E-state index in [0.29, 0.717) is 24.0 Å². The van der Waals surface area contributed by atoms with Gasteiger partial charge in [0, 0.05) is 11.1 Å². The smallest absolute Gasteiger partial charge is 0.330 e. The van der Waals surface area contributed by atoms with Gasteiger partial charge in [-0.1, -0.05) is 19.3 Å². The number of carbonyl (C=O) groups is 3. The van der Waals surface area contributed by atoms with Gasteiger partial charge in [-0.05, 0) is 26.7 Å². The highest BCUT2D eigenvalue weighted by Gasteiger charge is 2.53. The van der Waals surface area contributed by atoms with E-state index >= 15 is 0 Å². The van der Waals surface area contributed by atoms with E-state index in [1.54, 1.807) is 13.8 Å². The maximum atomic E-state index is 12.1. The SMILES string of the molecule is CC1=C(C)C(=O)N(C2(C(=O)O)CCCCC2)C1=O. The zero-order valence-corrected chi connectivity index (χ0v) is 10.7. The molecule has 1 heterocycles. The molecule has 1 N–H and O–H groups in total. The Bertz CT molecular complexity index is 434. The molecule has 0 bridgehead atoms. The lowest BCUT2D eigenvalue weighted by atomic mass is 9.80. The minimum Gasteiger partial charge on any atom is -0.479 e. The van der Waals surface area contributed by atoms with Gasteiger partial charge in [0.2, 0.25) is 0 Å². The molecular formula is C13H17NO4. The highest BCUT2D eigenvalue weighted by atomic mass is 16.4. The van der Waals surface area contributed by atoms with E-state index in [1.807, 2.05) is 0 Å². The molecule has 0 aromatic carbocycles. The molecule has 1 aliphatic heterocycles. The van der Waals surface area contributed by atoms with Crippen molar-refractivity contribution in [1.82, 2.24) is 4.90 Å². The second kappa shape index (κ2) is 4.23. The molecule has 0 aromatic heterocycles. The van der Waals surface area contributed by atoms with Crippen LogP contribution in [0.2, 0.25) is 0 Å². The Morgan fingerprint density at radius 1 is 1.06 bits per heavy atom. The van der Waals surface area contributed by atoms with Crippen LogP contribution in [0.3, 0.4) is 0 Å². The summed E-state index contributed by atoms with van der Waals surface area (Å²) >= 11 is 0. The van der Waals surface area contributed by atoms with Crippen molar-refractivity contribution in [3.63, 3.8) is 0 Å². The molecule has 1 fully saturated rings. The van der Waals surface area contributed by atoms with Gasteiger partial charge in [-0.3, -0.25) is 14.5 Å². The van der Waals surface area contributed by atoms with Crippen molar-refractivity contribution in [3.8, 4) is 0 Å². The predicted octanol–water partition coefficient (Wildman–Crippen LogP) is 1.48. The van der Waals surface area contributed by atoms with Gasteiger partial charge in [0.1, 0.15) is 5.54 Å². The molecule has 98 valence electrons. The van der Waals surface area contributed by atoms with Crippen LogP contribution in [0.5, 0.6) is 0 Å². The molecule has 5 heteroatoms. The summed E-state index contributed by atoms with van der Waals surface area (Å²) in [5.41, 5.74) is -0.594. The normalized spacial score (nSPS) is 23.8. The lowest BCUT2D eigenvalue weighted by Crippen LogP contribution is -2.58. The summed E-state index contributed by atoms with van der Waals surface area (Å²) in [4.78, 5) is 36.8. The van der Waals surface area contributed by atoms with Crippen LogP contribution in [0.25, 0.3) is 0 Å². The zero-order valence-electron chi connectivity index (χ0n) is 10.7. The van der Waals surface area contributed by atoms with Crippen LogP contribution in [0, 0.1) is 0 Å². The lowest BCUT2D eigenvalue weighted by Gasteiger charge is -2.39. The number of carboxylic acids is 1. The van der Waals surface area contributed by atoms with E-state index in [4.69, 9.17) is 0 Å². The fraction of sp³-hybridized carbons (Fsp3) is 0.615. The van der Waals surface area contributed by atoms with Crippen molar-refractivity contribution >= 4 is 17.8 Å². The van der Waals surface area contributed by atoms with Gasteiger partial charge in [-0.25, -0.2) is 4.79 Å². The van der Waals surface area contributed by atoms with Gasteiger partial charge >= 0.3 is 5.97 Å². The van der Waals surface area contributed by atoms with E-state index in [-0.39, 0.29) is 0 Å². The second-order valence-corrected chi connectivity index (χ2v) is 5.09. The van der Waals surface area contributed by atoms with Crippen molar-refractivity contribution in [3.05, 3.63) is 11.1 Å². The average Bonchev–Trinajstić information content (AvgIpc) is 2.55. The second-order valence-electron chi connectivity index (χ2n) is 5.09. The van der Waals surface area contributed by atoms with Crippen LogP contribution in [0.1, 0.15) is 46.0 Å². The number of carbonyl (C=O) groups excluding carboxylic acids is 2. The Morgan fingerprint density at radius 3 is 1.89 bits per heavy atom. The average molecular weight is 251 g/mol. The lowest BCUT2D eigenvalue weighted by molar-refractivity contribution is -0.164. The molecule has 0 radical (unpaired) electrons. The topological polar surface area (TPSA) is 74.7 Å². The number of rotatable bonds is 2. The quantitative estimate of drug-likeness (QED) is 0.754. The summed E-state index contributed by atoms with van der Waals surface area (Å²) in [6.45, 7) is 3.15. The standard InChI is InChI=1S/C13H17NO4/c1-8-9(2)11(16)14(10(8)15)13(12(17)18)6-4-3-5-7-13/h3-7H2,1-2H3,(H,17,18). The number of hydrogen-bond acceptors (Lipinski definition) is 3. The minimum atomic E-state index is -1.33. The molecule has 2 amide bonds. The summed E-state index contributed by atoms with van der Waals surface area (Å²) in [5, 5.41) is 9.49. The van der Waals surface area contributed by atoms with Crippen LogP contribution in [-0.2, 0) is 14.4 Å². The van der Waals surface area contributed by atoms with Gasteiger partial charge in [-0.2, -0.15) is 0 Å². The molecule has 2 rings (SSSR count). The number of amides is 2. The molecule has 1 saturated carbocycles. The van der Waals surface area contributed by atoms with Gasteiger partial charge in [0.25, 0.3) is 11.8 Å². The largest absolute Gasteiger partial charge is 0.479 e. The van der Waals surface area contributed by atoms with Crippen molar-refractivity contribution < 1.29 is 19.5 Å². The van der Waals surface area contributed by atoms with Gasteiger partial charge in [0.15, 0.2) is 0 Å². The van der Waals surface area contributed by atoms with Gasteiger partial charge < -0.3 is 5.11 Å². The first-order chi connectivity index (χ1) is 8.42. The fourth-order valence-electron chi connectivity index (χ4n) is 2.81. The van der Waals surface area contributed by atoms with E-state index in [1.165, 1.54) is 0 Å². The van der Waals surface area contributed by atoms with E-state index in [2.05, 4.69) is 0 Å². The van der Waals surface area contributed by atoms with Crippen LogP contribution in [0.4, 0.5) is 0 Å². The third-order valence-electron chi connectivity index (χ3n) is 4.12.